The number of aromatic carboxylic acids is 1. The zero-order valence-corrected chi connectivity index (χ0v) is 20.5. The van der Waals surface area contributed by atoms with E-state index in [4.69, 9.17) is 14.6 Å². The number of nitrogens with zero attached hydrogens (tertiary/aromatic N) is 3. The number of carboxylic acid groups (broad SMARTS) is 1. The zero-order valence-electron chi connectivity index (χ0n) is 20.5. The molecule has 1 aliphatic heterocycles. The van der Waals surface area contributed by atoms with E-state index < -0.39 is 17.3 Å². The minimum atomic E-state index is -1.33. The van der Waals surface area contributed by atoms with Gasteiger partial charge in [0.25, 0.3) is 0 Å². The lowest BCUT2D eigenvalue weighted by atomic mass is 10.1. The summed E-state index contributed by atoms with van der Waals surface area (Å²) in [4.78, 5) is 34.3. The number of aryl methyl sites for hydroxylation is 1. The molecule has 0 spiro atoms. The van der Waals surface area contributed by atoms with Gasteiger partial charge in [-0.25, -0.2) is 14.2 Å². The van der Waals surface area contributed by atoms with Crippen molar-refractivity contribution in [3.63, 3.8) is 0 Å². The first-order valence-electron chi connectivity index (χ1n) is 12.2. The molecule has 10 heteroatoms. The summed E-state index contributed by atoms with van der Waals surface area (Å²) in [5, 5.41) is 11.7. The van der Waals surface area contributed by atoms with E-state index in [2.05, 4.69) is 20.2 Å². The van der Waals surface area contributed by atoms with Crippen LogP contribution in [0, 0.1) is 5.82 Å². The molecule has 0 aliphatic carbocycles. The molecule has 2 aromatic carbocycles. The number of halogens is 1. The normalized spacial score (nSPS) is 15.2. The van der Waals surface area contributed by atoms with Crippen LogP contribution < -0.4 is 19.7 Å². The maximum Gasteiger partial charge on any atom is 0.338 e. The molecule has 1 atom stereocenters. The number of amides is 1. The number of carbonyl (C=O) groups excluding carboxylic acids is 1. The van der Waals surface area contributed by atoms with E-state index in [1.54, 1.807) is 6.20 Å². The van der Waals surface area contributed by atoms with Crippen LogP contribution in [0.1, 0.15) is 42.1 Å². The fourth-order valence-electron chi connectivity index (χ4n) is 4.16. The first-order valence-corrected chi connectivity index (χ1v) is 12.2. The molecule has 1 saturated heterocycles. The Morgan fingerprint density at radius 3 is 2.76 bits per heavy atom. The molecule has 194 valence electrons. The van der Waals surface area contributed by atoms with Gasteiger partial charge in [-0.15, -0.1) is 0 Å². The molecular weight excluding hydrogens is 479 g/mol. The molecule has 4 rings (SSSR count). The van der Waals surface area contributed by atoms with E-state index >= 15 is 0 Å². The van der Waals surface area contributed by atoms with Crippen molar-refractivity contribution in [1.29, 1.82) is 0 Å². The summed E-state index contributed by atoms with van der Waals surface area (Å²) in [6.07, 6.45) is 5.22. The number of piperidine rings is 1. The second kappa shape index (κ2) is 12.2. The number of ether oxygens (including phenoxy) is 2. The highest BCUT2D eigenvalue weighted by Gasteiger charge is 2.24. The van der Waals surface area contributed by atoms with E-state index in [1.165, 1.54) is 18.3 Å². The predicted molar refractivity (Wildman–Crippen MR) is 136 cm³/mol. The maximum atomic E-state index is 13.9. The number of benzene rings is 2. The Morgan fingerprint density at radius 2 is 2.00 bits per heavy atom. The highest BCUT2D eigenvalue weighted by atomic mass is 19.1. The third-order valence-corrected chi connectivity index (χ3v) is 5.94. The molecule has 3 aromatic rings. The van der Waals surface area contributed by atoms with E-state index in [0.29, 0.717) is 41.8 Å². The number of hydrogen-bond donors (Lipinski definition) is 2. The number of carbonyl (C=O) groups is 2. The Balaban J connectivity index is 1.34. The molecule has 9 nitrogen and oxygen atoms in total. The first-order chi connectivity index (χ1) is 17.9. The van der Waals surface area contributed by atoms with E-state index in [9.17, 15) is 14.0 Å². The fraction of sp³-hybridized carbons (Fsp3) is 0.333. The molecule has 2 N–H and O–H groups in total. The van der Waals surface area contributed by atoms with Crippen LogP contribution in [0.3, 0.4) is 0 Å². The van der Waals surface area contributed by atoms with Gasteiger partial charge in [0, 0.05) is 13.0 Å². The Labute approximate surface area is 214 Å². The molecule has 0 bridgehead atoms. The summed E-state index contributed by atoms with van der Waals surface area (Å²) in [7, 11) is 0. The van der Waals surface area contributed by atoms with Gasteiger partial charge in [-0.1, -0.05) is 18.2 Å². The molecule has 2 heterocycles. The average molecular weight is 509 g/mol. The van der Waals surface area contributed by atoms with Gasteiger partial charge in [-0.3, -0.25) is 9.78 Å². The molecule has 1 aromatic heterocycles. The van der Waals surface area contributed by atoms with Crippen molar-refractivity contribution in [2.75, 3.05) is 29.9 Å². The highest BCUT2D eigenvalue weighted by Crippen LogP contribution is 2.30. The lowest BCUT2D eigenvalue weighted by molar-refractivity contribution is -0.116. The van der Waals surface area contributed by atoms with Gasteiger partial charge >= 0.3 is 5.97 Å². The summed E-state index contributed by atoms with van der Waals surface area (Å²) in [5.41, 5.74) is 0.131. The molecule has 37 heavy (non-hydrogen) atoms. The van der Waals surface area contributed by atoms with Crippen LogP contribution in [-0.4, -0.2) is 52.8 Å². The first kappa shape index (κ1) is 25.9. The van der Waals surface area contributed by atoms with Gasteiger partial charge in [0.1, 0.15) is 17.7 Å². The zero-order chi connectivity index (χ0) is 26.2. The SMILES string of the molecule is CCOc1ccccc1O[C@@H]1CCCN(c2cncc(NC(=O)CCc3ccc(C(=O)O)c(F)c3)n2)C1. The van der Waals surface area contributed by atoms with Crippen LogP contribution in [0.2, 0.25) is 0 Å². The fourth-order valence-corrected chi connectivity index (χ4v) is 4.16. The van der Waals surface area contributed by atoms with Crippen molar-refractivity contribution in [1.82, 2.24) is 9.97 Å². The van der Waals surface area contributed by atoms with Gasteiger partial charge in [0.15, 0.2) is 17.3 Å². The second-order valence-electron chi connectivity index (χ2n) is 8.64. The number of hydrogen-bond acceptors (Lipinski definition) is 7. The van der Waals surface area contributed by atoms with Crippen molar-refractivity contribution in [2.45, 2.75) is 38.7 Å². The van der Waals surface area contributed by atoms with Crippen LogP contribution in [0.4, 0.5) is 16.0 Å². The minimum Gasteiger partial charge on any atom is -0.490 e. The van der Waals surface area contributed by atoms with Gasteiger partial charge in [-0.2, -0.15) is 0 Å². The average Bonchev–Trinajstić information content (AvgIpc) is 2.89. The van der Waals surface area contributed by atoms with E-state index in [-0.39, 0.29) is 24.9 Å². The Hall–Kier alpha value is -4.21. The van der Waals surface area contributed by atoms with Crippen molar-refractivity contribution >= 4 is 23.5 Å². The monoisotopic (exact) mass is 508 g/mol. The van der Waals surface area contributed by atoms with Gasteiger partial charge in [-0.05, 0) is 56.0 Å². The minimum absolute atomic E-state index is 0.0525. The molecule has 1 amide bonds. The highest BCUT2D eigenvalue weighted by molar-refractivity contribution is 5.90. The number of nitrogens with one attached hydrogen (secondary N) is 1. The van der Waals surface area contributed by atoms with Crippen molar-refractivity contribution < 1.29 is 28.6 Å². The molecule has 0 radical (unpaired) electrons. The maximum absolute atomic E-state index is 13.9. The third kappa shape index (κ3) is 6.93. The lowest BCUT2D eigenvalue weighted by Crippen LogP contribution is -2.41. The van der Waals surface area contributed by atoms with Crippen LogP contribution in [0.5, 0.6) is 11.5 Å². The predicted octanol–water partition coefficient (Wildman–Crippen LogP) is 4.33. The topological polar surface area (TPSA) is 114 Å². The molecule has 1 aliphatic rings. The summed E-state index contributed by atoms with van der Waals surface area (Å²) in [6, 6.07) is 11.4. The molecular formula is C27H29FN4O5. The van der Waals surface area contributed by atoms with Crippen LogP contribution in [-0.2, 0) is 11.2 Å². The van der Waals surface area contributed by atoms with Crippen molar-refractivity contribution in [3.8, 4) is 11.5 Å². The summed E-state index contributed by atoms with van der Waals surface area (Å²) < 4.78 is 25.8. The molecule has 0 saturated carbocycles. The smallest absolute Gasteiger partial charge is 0.338 e. The number of aromatic nitrogens is 2. The number of carboxylic acids is 1. The summed E-state index contributed by atoms with van der Waals surface area (Å²) >= 11 is 0. The standard InChI is InChI=1S/C27H29FN4O5/c1-2-36-22-7-3-4-8-23(22)37-19-6-5-13-32(17-19)25-16-29-15-24(30-25)31-26(33)12-10-18-9-11-20(27(34)35)21(28)14-18/h3-4,7-9,11,14-16,19H,2,5-6,10,12-13,17H2,1H3,(H,34,35)(H,30,31,33)/t19-/m1/s1. The number of anilines is 2. The lowest BCUT2D eigenvalue weighted by Gasteiger charge is -2.33. The van der Waals surface area contributed by atoms with Crippen LogP contribution >= 0.6 is 0 Å². The summed E-state index contributed by atoms with van der Waals surface area (Å²) in [6.45, 7) is 3.89. The van der Waals surface area contributed by atoms with Gasteiger partial charge in [0.2, 0.25) is 5.91 Å². The Kier molecular flexibility index (Phi) is 8.50. The molecule has 1 fully saturated rings. The van der Waals surface area contributed by atoms with Crippen molar-refractivity contribution in [2.24, 2.45) is 0 Å². The van der Waals surface area contributed by atoms with E-state index in [1.807, 2.05) is 31.2 Å². The van der Waals surface area contributed by atoms with Crippen molar-refractivity contribution in [3.05, 3.63) is 71.8 Å². The molecule has 0 unspecified atom stereocenters. The van der Waals surface area contributed by atoms with E-state index in [0.717, 1.165) is 25.5 Å². The largest absolute Gasteiger partial charge is 0.490 e. The number of rotatable bonds is 10. The van der Waals surface area contributed by atoms with Gasteiger partial charge in [0.05, 0.1) is 31.1 Å². The quantitative estimate of drug-likeness (QED) is 0.416. The van der Waals surface area contributed by atoms with Crippen LogP contribution in [0.25, 0.3) is 0 Å². The van der Waals surface area contributed by atoms with Crippen LogP contribution in [0.15, 0.2) is 54.9 Å². The number of para-hydroxylation sites is 2. The second-order valence-corrected chi connectivity index (χ2v) is 8.64. The Morgan fingerprint density at radius 1 is 1.19 bits per heavy atom. The van der Waals surface area contributed by atoms with Gasteiger partial charge < -0.3 is 24.8 Å². The third-order valence-electron chi connectivity index (χ3n) is 5.94. The Bertz CT molecular complexity index is 1250. The summed E-state index contributed by atoms with van der Waals surface area (Å²) in [5.74, 6) is -0.0824.